The molecule has 8 rings (SSSR count). The van der Waals surface area contributed by atoms with Crippen molar-refractivity contribution in [1.29, 1.82) is 0 Å². The highest BCUT2D eigenvalue weighted by molar-refractivity contribution is 5.47. The van der Waals surface area contributed by atoms with Crippen molar-refractivity contribution < 1.29 is 90.1 Å². The lowest BCUT2D eigenvalue weighted by atomic mass is 9.33. The maximum absolute atomic E-state index is 12.1. The third-order valence-electron chi connectivity index (χ3n) is 18.6. The second-order valence-electron chi connectivity index (χ2n) is 23.0. The van der Waals surface area contributed by atoms with Gasteiger partial charge in [0.25, 0.3) is 0 Å². The third kappa shape index (κ3) is 7.67. The number of aliphatic hydroxyl groups is 13. The normalized spacial score (nSPS) is 55.5. The molecule has 18 nitrogen and oxygen atoms in total. The number of aliphatic hydroxyl groups excluding tert-OH is 13. The van der Waals surface area contributed by atoms with Gasteiger partial charge in [-0.05, 0) is 90.4 Å². The van der Waals surface area contributed by atoms with Crippen molar-refractivity contribution >= 4 is 0 Å². The van der Waals surface area contributed by atoms with Gasteiger partial charge in [0.2, 0.25) is 0 Å². The summed E-state index contributed by atoms with van der Waals surface area (Å²) in [5.41, 5.74) is -0.249. The Labute approximate surface area is 380 Å². The lowest BCUT2D eigenvalue weighted by Crippen LogP contribution is -2.70. The molecule has 3 aliphatic heterocycles. The first-order valence-corrected chi connectivity index (χ1v) is 23.7. The van der Waals surface area contributed by atoms with Gasteiger partial charge in [-0.25, -0.2) is 0 Å². The minimum atomic E-state index is -1.94. The van der Waals surface area contributed by atoms with Gasteiger partial charge in [-0.2, -0.15) is 0 Å². The summed E-state index contributed by atoms with van der Waals surface area (Å²) in [5.74, 6) is -0.110. The number of allylic oxidation sites excluding steroid dienone is 3. The zero-order valence-corrected chi connectivity index (χ0v) is 38.5. The molecule has 0 aromatic carbocycles. The van der Waals surface area contributed by atoms with Crippen LogP contribution < -0.4 is 0 Å². The van der Waals surface area contributed by atoms with Crippen LogP contribution in [0.2, 0.25) is 0 Å². The van der Waals surface area contributed by atoms with Crippen molar-refractivity contribution in [2.45, 2.75) is 197 Å². The van der Waals surface area contributed by atoms with Crippen LogP contribution in [0.25, 0.3) is 0 Å². The zero-order chi connectivity index (χ0) is 47.6. The predicted octanol–water partition coefficient (Wildman–Crippen LogP) is -1.50. The highest BCUT2D eigenvalue weighted by atomic mass is 16.7. The molecule has 6 fully saturated rings. The summed E-state index contributed by atoms with van der Waals surface area (Å²) in [6.07, 6.45) is -17.9. The highest BCUT2D eigenvalue weighted by Crippen LogP contribution is 2.75. The topological polar surface area (TPSA) is 309 Å². The second kappa shape index (κ2) is 17.6. The van der Waals surface area contributed by atoms with E-state index in [0.29, 0.717) is 38.5 Å². The van der Waals surface area contributed by atoms with Crippen LogP contribution in [0.1, 0.15) is 92.9 Å². The molecule has 0 aromatic heterocycles. The molecule has 3 saturated heterocycles. The first-order valence-electron chi connectivity index (χ1n) is 23.7. The van der Waals surface area contributed by atoms with Gasteiger partial charge in [0, 0.05) is 17.4 Å². The largest absolute Gasteiger partial charge is 0.396 e. The van der Waals surface area contributed by atoms with E-state index < -0.39 is 139 Å². The van der Waals surface area contributed by atoms with Gasteiger partial charge in [-0.3, -0.25) is 0 Å². The average Bonchev–Trinajstić information content (AvgIpc) is 3.26. The Balaban J connectivity index is 1.08. The van der Waals surface area contributed by atoms with E-state index in [0.717, 1.165) is 18.4 Å². The fourth-order valence-corrected chi connectivity index (χ4v) is 14.6. The Morgan fingerprint density at radius 3 is 1.89 bits per heavy atom. The standard InChI is InChI=1S/C47H76O18/c1-42(2)11-12-47(20-51)23(14-42)22-7-8-26-44(4)10-9-21(13-27(44)43(3,19-50)18-46(26,6)45(22,5)15-28(47)52)61-40-36(60)34(58)38(64-41-35(59)32(56)30(54)25(17-49)63-41)39(65-40)37-33(57)31(55)29(53)24(16-48)62-37/h7-8,21,24-41,48-60H,9-20H2,1-6H3. The van der Waals surface area contributed by atoms with Gasteiger partial charge in [0.1, 0.15) is 79.4 Å². The quantitative estimate of drug-likeness (QED) is 0.117. The van der Waals surface area contributed by atoms with Crippen LogP contribution in [0.4, 0.5) is 0 Å². The Kier molecular flexibility index (Phi) is 13.5. The molecule has 24 atom stereocenters. The van der Waals surface area contributed by atoms with Crippen LogP contribution in [0.5, 0.6) is 0 Å². The van der Waals surface area contributed by atoms with Crippen LogP contribution >= 0.6 is 0 Å². The maximum atomic E-state index is 12.1. The Morgan fingerprint density at radius 1 is 0.646 bits per heavy atom. The SMILES string of the molecule is CC1(C)CCC2(CO)C(=C3C=CC4C5(C)CCC(OC6OC(C7OC(CO)C(O)C(O)C7O)C(OC7OC(CO)C(O)C(O)C7O)C(O)C6O)CC5C(C)(CO)CC4(C)C3(C)CC2O)C1. The van der Waals surface area contributed by atoms with E-state index in [-0.39, 0.29) is 35.9 Å². The molecule has 372 valence electrons. The molecule has 8 aliphatic rings. The first kappa shape index (κ1) is 50.2. The van der Waals surface area contributed by atoms with Crippen LogP contribution in [0.3, 0.4) is 0 Å². The highest BCUT2D eigenvalue weighted by Gasteiger charge is 2.70. The lowest BCUT2D eigenvalue weighted by Gasteiger charge is -2.71. The summed E-state index contributed by atoms with van der Waals surface area (Å²) in [6.45, 7) is 11.6. The Bertz CT molecular complexity index is 1790. The van der Waals surface area contributed by atoms with E-state index in [1.165, 1.54) is 5.57 Å². The van der Waals surface area contributed by atoms with Gasteiger partial charge in [0.05, 0.1) is 32.0 Å². The first-order chi connectivity index (χ1) is 30.4. The van der Waals surface area contributed by atoms with Crippen LogP contribution in [0.15, 0.2) is 23.3 Å². The molecule has 5 aliphatic carbocycles. The Hall–Kier alpha value is -1.24. The van der Waals surface area contributed by atoms with Crippen LogP contribution in [-0.2, 0) is 23.7 Å². The van der Waals surface area contributed by atoms with Crippen molar-refractivity contribution in [2.24, 2.45) is 44.3 Å². The summed E-state index contributed by atoms with van der Waals surface area (Å²) in [5, 5.41) is 142. The summed E-state index contributed by atoms with van der Waals surface area (Å²) < 4.78 is 30.2. The fourth-order valence-electron chi connectivity index (χ4n) is 14.6. The van der Waals surface area contributed by atoms with Crippen molar-refractivity contribution in [3.8, 4) is 0 Å². The number of hydrogen-bond acceptors (Lipinski definition) is 18. The molecule has 65 heavy (non-hydrogen) atoms. The van der Waals surface area contributed by atoms with E-state index in [1.807, 2.05) is 0 Å². The van der Waals surface area contributed by atoms with Crippen molar-refractivity contribution in [3.05, 3.63) is 23.3 Å². The Morgan fingerprint density at radius 2 is 1.26 bits per heavy atom. The fraction of sp³-hybridized carbons (Fsp3) is 0.915. The van der Waals surface area contributed by atoms with E-state index in [9.17, 15) is 66.4 Å². The number of ether oxygens (including phenoxy) is 5. The van der Waals surface area contributed by atoms with Crippen molar-refractivity contribution in [1.82, 2.24) is 0 Å². The molecule has 0 radical (unpaired) electrons. The molecule has 0 bridgehead atoms. The minimum absolute atomic E-state index is 0.00492. The monoisotopic (exact) mass is 929 g/mol. The van der Waals surface area contributed by atoms with Gasteiger partial charge in [0.15, 0.2) is 12.6 Å². The second-order valence-corrected chi connectivity index (χ2v) is 23.0. The molecular weight excluding hydrogens is 852 g/mol. The summed E-state index contributed by atoms with van der Waals surface area (Å²) in [6, 6.07) is 0. The summed E-state index contributed by atoms with van der Waals surface area (Å²) >= 11 is 0. The lowest BCUT2D eigenvalue weighted by molar-refractivity contribution is -0.381. The zero-order valence-electron chi connectivity index (χ0n) is 38.5. The molecule has 18 heteroatoms. The number of fused-ring (bicyclic) bond motifs is 6. The predicted molar refractivity (Wildman–Crippen MR) is 227 cm³/mol. The van der Waals surface area contributed by atoms with Gasteiger partial charge < -0.3 is 90.1 Å². The van der Waals surface area contributed by atoms with E-state index in [2.05, 4.69) is 53.7 Å². The minimum Gasteiger partial charge on any atom is -0.396 e. The molecule has 0 aromatic rings. The van der Waals surface area contributed by atoms with Crippen LogP contribution in [-0.4, -0.2) is 197 Å². The van der Waals surface area contributed by atoms with Gasteiger partial charge in [-0.15, -0.1) is 0 Å². The summed E-state index contributed by atoms with van der Waals surface area (Å²) in [7, 11) is 0. The smallest absolute Gasteiger partial charge is 0.187 e. The van der Waals surface area contributed by atoms with Crippen LogP contribution in [0, 0.1) is 44.3 Å². The number of hydrogen-bond donors (Lipinski definition) is 13. The van der Waals surface area contributed by atoms with E-state index in [4.69, 9.17) is 23.7 Å². The van der Waals surface area contributed by atoms with E-state index >= 15 is 0 Å². The van der Waals surface area contributed by atoms with Gasteiger partial charge >= 0.3 is 0 Å². The maximum Gasteiger partial charge on any atom is 0.187 e. The van der Waals surface area contributed by atoms with Crippen molar-refractivity contribution in [3.63, 3.8) is 0 Å². The molecule has 0 spiro atoms. The molecular formula is C47H76O18. The third-order valence-corrected chi connectivity index (χ3v) is 18.6. The molecule has 24 unspecified atom stereocenters. The van der Waals surface area contributed by atoms with Crippen molar-refractivity contribution in [2.75, 3.05) is 26.4 Å². The van der Waals surface area contributed by atoms with E-state index in [1.54, 1.807) is 0 Å². The molecule has 3 saturated carbocycles. The molecule has 3 heterocycles. The summed E-state index contributed by atoms with van der Waals surface area (Å²) in [4.78, 5) is 0. The molecule has 0 amide bonds. The molecule has 13 N–H and O–H groups in total. The van der Waals surface area contributed by atoms with Gasteiger partial charge in [-0.1, -0.05) is 59.3 Å². The average molecular weight is 929 g/mol. The number of rotatable bonds is 9.